The first-order valence-electron chi connectivity index (χ1n) is 8.55. The first-order chi connectivity index (χ1) is 13.2. The van der Waals surface area contributed by atoms with E-state index in [4.69, 9.17) is 0 Å². The molecule has 2 amide bonds. The van der Waals surface area contributed by atoms with E-state index in [0.717, 1.165) is 25.1 Å². The van der Waals surface area contributed by atoms with Crippen LogP contribution in [0.4, 0.5) is 18.9 Å². The van der Waals surface area contributed by atoms with Crippen LogP contribution in [0.25, 0.3) is 0 Å². The Labute approximate surface area is 160 Å². The fraction of sp³-hybridized carbons (Fsp3) is 0.316. The molecule has 0 atom stereocenters. The van der Waals surface area contributed by atoms with Crippen molar-refractivity contribution >= 4 is 17.5 Å². The van der Waals surface area contributed by atoms with Gasteiger partial charge in [0.05, 0.1) is 11.3 Å². The number of aromatic nitrogens is 1. The van der Waals surface area contributed by atoms with Gasteiger partial charge in [-0.05, 0) is 51.3 Å². The third-order valence-electron chi connectivity index (χ3n) is 3.80. The number of alkyl halides is 3. The largest absolute Gasteiger partial charge is 0.418 e. The van der Waals surface area contributed by atoms with Crippen molar-refractivity contribution < 1.29 is 22.8 Å². The van der Waals surface area contributed by atoms with Crippen LogP contribution < -0.4 is 10.6 Å². The molecule has 1 aromatic carbocycles. The summed E-state index contributed by atoms with van der Waals surface area (Å²) in [6.45, 7) is 1.27. The lowest BCUT2D eigenvalue weighted by Crippen LogP contribution is -2.27. The zero-order valence-electron chi connectivity index (χ0n) is 15.5. The van der Waals surface area contributed by atoms with Crippen molar-refractivity contribution in [3.05, 3.63) is 59.4 Å². The standard InChI is InChI=1S/C19H21F3N4O2/c1-26(2)11-5-9-24-17(27)13-8-10-23-16(12-13)18(28)25-15-7-4-3-6-14(15)19(20,21)22/h3-4,6-8,10,12H,5,9,11H2,1-2H3,(H,24,27)(H,25,28). The maximum absolute atomic E-state index is 13.0. The Bertz CT molecular complexity index is 838. The number of pyridine rings is 1. The van der Waals surface area contributed by atoms with Gasteiger partial charge in [0, 0.05) is 18.3 Å². The van der Waals surface area contributed by atoms with E-state index in [1.807, 2.05) is 19.0 Å². The first-order valence-corrected chi connectivity index (χ1v) is 8.55. The number of hydrogen-bond acceptors (Lipinski definition) is 4. The van der Waals surface area contributed by atoms with Gasteiger partial charge < -0.3 is 15.5 Å². The maximum atomic E-state index is 13.0. The second-order valence-electron chi connectivity index (χ2n) is 6.34. The van der Waals surface area contributed by atoms with E-state index in [1.54, 1.807) is 0 Å². The minimum atomic E-state index is -4.61. The summed E-state index contributed by atoms with van der Waals surface area (Å²) in [6.07, 6.45) is -2.59. The highest BCUT2D eigenvalue weighted by Crippen LogP contribution is 2.34. The molecule has 1 aromatic heterocycles. The average Bonchev–Trinajstić information content (AvgIpc) is 2.64. The molecule has 0 bridgehead atoms. The van der Waals surface area contributed by atoms with Gasteiger partial charge in [-0.2, -0.15) is 13.2 Å². The van der Waals surface area contributed by atoms with Crippen molar-refractivity contribution in [2.45, 2.75) is 12.6 Å². The normalized spacial score (nSPS) is 11.4. The first kappa shape index (κ1) is 21.4. The van der Waals surface area contributed by atoms with Gasteiger partial charge in [0.2, 0.25) is 0 Å². The second kappa shape index (κ2) is 9.32. The molecule has 0 fully saturated rings. The number of carbonyl (C=O) groups is 2. The van der Waals surface area contributed by atoms with Gasteiger partial charge in [0.1, 0.15) is 5.69 Å². The van der Waals surface area contributed by atoms with E-state index in [-0.39, 0.29) is 22.9 Å². The monoisotopic (exact) mass is 394 g/mol. The zero-order chi connectivity index (χ0) is 20.7. The lowest BCUT2D eigenvalue weighted by Gasteiger charge is -2.13. The summed E-state index contributed by atoms with van der Waals surface area (Å²) in [4.78, 5) is 30.3. The lowest BCUT2D eigenvalue weighted by atomic mass is 10.1. The summed E-state index contributed by atoms with van der Waals surface area (Å²) in [5.74, 6) is -1.22. The van der Waals surface area contributed by atoms with Crippen LogP contribution in [0.2, 0.25) is 0 Å². The highest BCUT2D eigenvalue weighted by atomic mass is 19.4. The summed E-state index contributed by atoms with van der Waals surface area (Å²) in [5.41, 5.74) is -1.29. The van der Waals surface area contributed by atoms with Gasteiger partial charge >= 0.3 is 6.18 Å². The Kier molecular flexibility index (Phi) is 7.11. The number of amides is 2. The summed E-state index contributed by atoms with van der Waals surface area (Å²) < 4.78 is 39.1. The molecule has 1 heterocycles. The SMILES string of the molecule is CN(C)CCCNC(=O)c1ccnc(C(=O)Nc2ccccc2C(F)(F)F)c1. The van der Waals surface area contributed by atoms with E-state index in [0.29, 0.717) is 6.54 Å². The van der Waals surface area contributed by atoms with Gasteiger partial charge in [0.15, 0.2) is 0 Å². The molecule has 9 heteroatoms. The van der Waals surface area contributed by atoms with Gasteiger partial charge in [-0.3, -0.25) is 14.6 Å². The lowest BCUT2D eigenvalue weighted by molar-refractivity contribution is -0.136. The van der Waals surface area contributed by atoms with Crippen LogP contribution in [0.15, 0.2) is 42.6 Å². The van der Waals surface area contributed by atoms with E-state index in [9.17, 15) is 22.8 Å². The third kappa shape index (κ3) is 6.05. The number of rotatable bonds is 7. The Balaban J connectivity index is 2.08. The van der Waals surface area contributed by atoms with Crippen molar-refractivity contribution in [3.63, 3.8) is 0 Å². The molecule has 0 saturated heterocycles. The van der Waals surface area contributed by atoms with Crippen molar-refractivity contribution in [1.29, 1.82) is 0 Å². The highest BCUT2D eigenvalue weighted by Gasteiger charge is 2.33. The molecule has 0 radical (unpaired) electrons. The molecular weight excluding hydrogens is 373 g/mol. The quantitative estimate of drug-likeness (QED) is 0.708. The summed E-state index contributed by atoms with van der Waals surface area (Å²) in [6, 6.07) is 7.32. The van der Waals surface area contributed by atoms with Gasteiger partial charge in [-0.25, -0.2) is 0 Å². The Morgan fingerprint density at radius 1 is 1.11 bits per heavy atom. The predicted molar refractivity (Wildman–Crippen MR) is 99.1 cm³/mol. The van der Waals surface area contributed by atoms with Gasteiger partial charge in [-0.1, -0.05) is 12.1 Å². The minimum Gasteiger partial charge on any atom is -0.352 e. The van der Waals surface area contributed by atoms with Crippen molar-refractivity contribution in [1.82, 2.24) is 15.2 Å². The van der Waals surface area contributed by atoms with Crippen LogP contribution in [0, 0.1) is 0 Å². The number of hydrogen-bond donors (Lipinski definition) is 2. The molecule has 6 nitrogen and oxygen atoms in total. The summed E-state index contributed by atoms with van der Waals surface area (Å²) in [5, 5.41) is 4.93. The van der Waals surface area contributed by atoms with Crippen molar-refractivity contribution in [2.75, 3.05) is 32.5 Å². The molecule has 0 aliphatic rings. The number of carbonyl (C=O) groups excluding carboxylic acids is 2. The molecular formula is C19H21F3N4O2. The van der Waals surface area contributed by atoms with E-state index in [2.05, 4.69) is 15.6 Å². The molecule has 2 rings (SSSR count). The molecule has 0 aliphatic carbocycles. The maximum Gasteiger partial charge on any atom is 0.418 e. The van der Waals surface area contributed by atoms with Crippen LogP contribution >= 0.6 is 0 Å². The van der Waals surface area contributed by atoms with Crippen molar-refractivity contribution in [2.24, 2.45) is 0 Å². The van der Waals surface area contributed by atoms with Crippen LogP contribution in [0.5, 0.6) is 0 Å². The summed E-state index contributed by atoms with van der Waals surface area (Å²) >= 11 is 0. The van der Waals surface area contributed by atoms with Crippen LogP contribution in [0.1, 0.15) is 32.8 Å². The molecule has 0 aliphatic heterocycles. The Morgan fingerprint density at radius 2 is 1.82 bits per heavy atom. The fourth-order valence-electron chi connectivity index (χ4n) is 2.42. The molecule has 0 saturated carbocycles. The number of anilines is 1. The van der Waals surface area contributed by atoms with E-state index < -0.39 is 17.6 Å². The van der Waals surface area contributed by atoms with Gasteiger partial charge in [0.25, 0.3) is 11.8 Å². The molecule has 0 spiro atoms. The number of nitrogens with one attached hydrogen (secondary N) is 2. The smallest absolute Gasteiger partial charge is 0.352 e. The summed E-state index contributed by atoms with van der Waals surface area (Å²) in [7, 11) is 3.85. The van der Waals surface area contributed by atoms with Gasteiger partial charge in [-0.15, -0.1) is 0 Å². The number of benzene rings is 1. The number of para-hydroxylation sites is 1. The fourth-order valence-corrected chi connectivity index (χ4v) is 2.42. The van der Waals surface area contributed by atoms with Crippen molar-refractivity contribution in [3.8, 4) is 0 Å². The number of nitrogens with zero attached hydrogens (tertiary/aromatic N) is 2. The predicted octanol–water partition coefficient (Wildman–Crippen LogP) is 3.03. The zero-order valence-corrected chi connectivity index (χ0v) is 15.5. The molecule has 2 aromatic rings. The Hall–Kier alpha value is -2.94. The molecule has 28 heavy (non-hydrogen) atoms. The second-order valence-corrected chi connectivity index (χ2v) is 6.34. The number of halogens is 3. The highest BCUT2D eigenvalue weighted by molar-refractivity contribution is 6.05. The van der Waals surface area contributed by atoms with Crippen LogP contribution in [-0.4, -0.2) is 48.9 Å². The Morgan fingerprint density at radius 3 is 2.50 bits per heavy atom. The third-order valence-corrected chi connectivity index (χ3v) is 3.80. The van der Waals surface area contributed by atoms with Crippen LogP contribution in [0.3, 0.4) is 0 Å². The molecule has 0 unspecified atom stereocenters. The van der Waals surface area contributed by atoms with Crippen LogP contribution in [-0.2, 0) is 6.18 Å². The average molecular weight is 394 g/mol. The molecule has 150 valence electrons. The van der Waals surface area contributed by atoms with E-state index in [1.165, 1.54) is 30.5 Å². The molecule has 2 N–H and O–H groups in total. The van der Waals surface area contributed by atoms with E-state index >= 15 is 0 Å². The minimum absolute atomic E-state index is 0.155. The topological polar surface area (TPSA) is 74.3 Å².